The van der Waals surface area contributed by atoms with E-state index in [0.717, 1.165) is 129 Å². The Kier molecular flexibility index (Phi) is 47.1. The van der Waals surface area contributed by atoms with E-state index in [1.54, 1.807) is 6.92 Å². The molecule has 1 aliphatic heterocycles. The molecule has 74 heavy (non-hydrogen) atoms. The molecule has 0 N–H and O–H groups in total. The summed E-state index contributed by atoms with van der Waals surface area (Å²) in [4.78, 5) is 42.4. The van der Waals surface area contributed by atoms with Gasteiger partial charge in [0.2, 0.25) is 0 Å². The number of carbonyl (C=O) groups is 3. The van der Waals surface area contributed by atoms with E-state index in [9.17, 15) is 14.4 Å². The quantitative estimate of drug-likeness (QED) is 0.0260. The summed E-state index contributed by atoms with van der Waals surface area (Å²) in [5.41, 5.74) is -0.662. The number of hydrogen-bond acceptors (Lipinski definition) is 7. The number of carbonyl (C=O) groups excluding carboxylic acids is 3. The zero-order valence-corrected chi connectivity index (χ0v) is 51.6. The summed E-state index contributed by atoms with van der Waals surface area (Å²) in [6.07, 6.45) is 52.6. The molecule has 0 spiro atoms. The summed E-state index contributed by atoms with van der Waals surface area (Å²) in [7, 11) is 4.01. The van der Waals surface area contributed by atoms with Gasteiger partial charge in [-0.1, -0.05) is 221 Å². The van der Waals surface area contributed by atoms with Gasteiger partial charge in [-0.05, 0) is 130 Å². The van der Waals surface area contributed by atoms with Crippen molar-refractivity contribution in [2.45, 2.75) is 318 Å². The molecule has 1 fully saturated rings. The number of rotatable bonds is 51. The maximum atomic E-state index is 13.4. The Morgan fingerprint density at radius 2 is 1.05 bits per heavy atom. The number of hydrogen-bond donors (Lipinski definition) is 0. The summed E-state index contributed by atoms with van der Waals surface area (Å²) in [5, 5.41) is 0. The second-order valence-electron chi connectivity index (χ2n) is 24.8. The standard InChI is InChI=1S/C50H94N2O5.C17H34/c1-10-12-14-16-18-24-30-47(31-25-19-17-15-13-11-2)57-48(55)50(6,7)36-27-21-23-29-39-56-42-45-40-44(32-33-46(54)34-38-51(8)9)41-52(45)37-28-22-20-26-35-49(4,5)43(3)53;1-4-7-9-11-13-15-17(6-3)16-14-12-10-8-5-2/h32-33,44-45,47H,10-31,34-42H2,1-9H3;6,17H,3-5,7-16H2,1-2H3/b33-32-;/t44-,45-;/m0./s1. The van der Waals surface area contributed by atoms with Gasteiger partial charge in [0, 0.05) is 37.6 Å². The fourth-order valence-corrected chi connectivity index (χ4v) is 10.4. The van der Waals surface area contributed by atoms with E-state index in [1.165, 1.54) is 148 Å². The first-order valence-electron chi connectivity index (χ1n) is 32.1. The van der Waals surface area contributed by atoms with Crippen LogP contribution in [0.15, 0.2) is 24.8 Å². The lowest BCUT2D eigenvalue weighted by Gasteiger charge is -2.27. The van der Waals surface area contributed by atoms with Crippen LogP contribution in [0.4, 0.5) is 0 Å². The second-order valence-corrected chi connectivity index (χ2v) is 24.8. The highest BCUT2D eigenvalue weighted by Crippen LogP contribution is 2.30. The monoisotopic (exact) mass is 1040 g/mol. The SMILES string of the molecule is C=CC(CCCCCCC)CCCCCCC.CCCCCCCCC(CCCCCCCC)OC(=O)C(C)(C)CCCCCCOC[C@@H]1C[C@H](/C=C\C(=O)CCN(C)C)CN1CCCCCCC(C)(C)C(C)=O. The Morgan fingerprint density at radius 1 is 0.608 bits per heavy atom. The Bertz CT molecular complexity index is 1330. The number of allylic oxidation sites excluding steroid dienone is 2. The maximum Gasteiger partial charge on any atom is 0.311 e. The van der Waals surface area contributed by atoms with Crippen LogP contribution in [0, 0.1) is 22.7 Å². The molecule has 0 bridgehead atoms. The van der Waals surface area contributed by atoms with Crippen LogP contribution in [0.25, 0.3) is 0 Å². The number of nitrogens with zero attached hydrogens (tertiary/aromatic N) is 2. The molecule has 1 aliphatic rings. The van der Waals surface area contributed by atoms with Gasteiger partial charge in [0.15, 0.2) is 5.78 Å². The lowest BCUT2D eigenvalue weighted by Crippen LogP contribution is -2.34. The van der Waals surface area contributed by atoms with Crippen molar-refractivity contribution in [1.82, 2.24) is 9.80 Å². The molecule has 0 radical (unpaired) electrons. The minimum atomic E-state index is -0.448. The highest BCUT2D eigenvalue weighted by atomic mass is 16.5. The minimum absolute atomic E-state index is 0.00285. The number of unbranched alkanes of at least 4 members (excludes halogenated alkanes) is 24. The first kappa shape index (κ1) is 72.2. The predicted octanol–water partition coefficient (Wildman–Crippen LogP) is 19.2. The van der Waals surface area contributed by atoms with E-state index in [1.807, 2.05) is 20.2 Å². The number of esters is 1. The van der Waals surface area contributed by atoms with Crippen molar-refractivity contribution in [3.05, 3.63) is 24.8 Å². The maximum absolute atomic E-state index is 13.4. The fraction of sp³-hybridized carbons (Fsp3) is 0.896. The smallest absolute Gasteiger partial charge is 0.311 e. The Hall–Kier alpha value is -1.83. The normalized spacial score (nSPS) is 15.4. The largest absolute Gasteiger partial charge is 0.462 e. The Balaban J connectivity index is 0.00000265. The molecule has 1 saturated heterocycles. The van der Waals surface area contributed by atoms with E-state index < -0.39 is 5.41 Å². The predicted molar refractivity (Wildman–Crippen MR) is 322 cm³/mol. The molecule has 0 aromatic carbocycles. The molecule has 0 aliphatic carbocycles. The van der Waals surface area contributed by atoms with Gasteiger partial charge in [-0.15, -0.1) is 6.58 Å². The first-order chi connectivity index (χ1) is 35.6. The van der Waals surface area contributed by atoms with Gasteiger partial charge in [0.1, 0.15) is 11.9 Å². The lowest BCUT2D eigenvalue weighted by molar-refractivity contribution is -0.161. The molecule has 1 heterocycles. The van der Waals surface area contributed by atoms with Crippen molar-refractivity contribution in [1.29, 1.82) is 0 Å². The summed E-state index contributed by atoms with van der Waals surface area (Å²) < 4.78 is 12.6. The fourth-order valence-electron chi connectivity index (χ4n) is 10.4. The molecule has 1 rings (SSSR count). The van der Waals surface area contributed by atoms with Crippen LogP contribution in [0.5, 0.6) is 0 Å². The van der Waals surface area contributed by atoms with E-state index in [4.69, 9.17) is 9.47 Å². The first-order valence-corrected chi connectivity index (χ1v) is 32.1. The van der Waals surface area contributed by atoms with Gasteiger partial charge in [-0.3, -0.25) is 19.3 Å². The highest BCUT2D eigenvalue weighted by Gasteiger charge is 2.32. The van der Waals surface area contributed by atoms with Crippen LogP contribution in [-0.2, 0) is 23.9 Å². The third kappa shape index (κ3) is 41.3. The van der Waals surface area contributed by atoms with Gasteiger partial charge in [-0.2, -0.15) is 0 Å². The van der Waals surface area contributed by atoms with Gasteiger partial charge < -0.3 is 14.4 Å². The molecule has 436 valence electrons. The van der Waals surface area contributed by atoms with E-state index >= 15 is 0 Å². The van der Waals surface area contributed by atoms with Crippen molar-refractivity contribution >= 4 is 17.5 Å². The molecule has 0 saturated carbocycles. The number of Topliss-reactive ketones (excluding diaryl/α,β-unsaturated/α-hetero) is 1. The van der Waals surface area contributed by atoms with Gasteiger partial charge in [-0.25, -0.2) is 0 Å². The van der Waals surface area contributed by atoms with E-state index in [0.29, 0.717) is 18.4 Å². The zero-order valence-electron chi connectivity index (χ0n) is 51.6. The molecular weight excluding hydrogens is 913 g/mol. The van der Waals surface area contributed by atoms with Gasteiger partial charge in [0.25, 0.3) is 0 Å². The lowest BCUT2D eigenvalue weighted by atomic mass is 9.83. The van der Waals surface area contributed by atoms with Crippen LogP contribution in [-0.4, -0.2) is 86.4 Å². The van der Waals surface area contributed by atoms with Crippen molar-refractivity contribution in [3.8, 4) is 0 Å². The number of ether oxygens (including phenoxy) is 2. The molecule has 0 aromatic rings. The van der Waals surface area contributed by atoms with Gasteiger partial charge in [0.05, 0.1) is 12.0 Å². The molecule has 2 atom stereocenters. The van der Waals surface area contributed by atoms with E-state index in [2.05, 4.69) is 83.9 Å². The Morgan fingerprint density at radius 3 is 1.54 bits per heavy atom. The molecular formula is C67H128N2O5. The molecule has 0 amide bonds. The third-order valence-electron chi connectivity index (χ3n) is 16.3. The topological polar surface area (TPSA) is 76.2 Å². The number of likely N-dealkylation sites (tertiary alicyclic amines) is 1. The van der Waals surface area contributed by atoms with Crippen molar-refractivity contribution < 1.29 is 23.9 Å². The van der Waals surface area contributed by atoms with Crippen LogP contribution in [0.3, 0.4) is 0 Å². The van der Waals surface area contributed by atoms with Crippen LogP contribution >= 0.6 is 0 Å². The zero-order chi connectivity index (χ0) is 55.1. The van der Waals surface area contributed by atoms with Gasteiger partial charge >= 0.3 is 5.97 Å². The highest BCUT2D eigenvalue weighted by molar-refractivity contribution is 5.89. The average molecular weight is 1040 g/mol. The average Bonchev–Trinajstić information content (AvgIpc) is 3.76. The van der Waals surface area contributed by atoms with Crippen molar-refractivity contribution in [2.75, 3.05) is 46.9 Å². The van der Waals surface area contributed by atoms with Crippen molar-refractivity contribution in [2.24, 2.45) is 22.7 Å². The van der Waals surface area contributed by atoms with Crippen LogP contribution in [0.1, 0.15) is 306 Å². The van der Waals surface area contributed by atoms with Crippen LogP contribution in [0.2, 0.25) is 0 Å². The summed E-state index contributed by atoms with van der Waals surface area (Å²) in [6, 6.07) is 0.380. The van der Waals surface area contributed by atoms with Crippen molar-refractivity contribution in [3.63, 3.8) is 0 Å². The number of ketones is 2. The second kappa shape index (κ2) is 48.3. The Labute approximate surface area is 462 Å². The molecule has 7 heteroatoms. The van der Waals surface area contributed by atoms with E-state index in [-0.39, 0.29) is 29.1 Å². The summed E-state index contributed by atoms with van der Waals surface area (Å²) in [5.74, 6) is 1.66. The summed E-state index contributed by atoms with van der Waals surface area (Å²) >= 11 is 0. The third-order valence-corrected chi connectivity index (χ3v) is 16.3. The molecule has 0 aromatic heterocycles. The summed E-state index contributed by atoms with van der Waals surface area (Å²) in [6.45, 7) is 27.4. The minimum Gasteiger partial charge on any atom is -0.462 e. The molecule has 0 unspecified atom stereocenters. The van der Waals surface area contributed by atoms with Crippen LogP contribution < -0.4 is 0 Å². The molecule has 7 nitrogen and oxygen atoms in total.